The molecule has 0 spiro atoms. The summed E-state index contributed by atoms with van der Waals surface area (Å²) in [6, 6.07) is 19.4. The molecule has 0 aliphatic carbocycles. The van der Waals surface area contributed by atoms with Gasteiger partial charge < -0.3 is 10.2 Å². The predicted molar refractivity (Wildman–Crippen MR) is 154 cm³/mol. The van der Waals surface area contributed by atoms with Gasteiger partial charge in [-0.25, -0.2) is 20.0 Å². The Morgan fingerprint density at radius 2 is 0.725 bits per heavy atom. The van der Waals surface area contributed by atoms with Crippen molar-refractivity contribution in [1.29, 1.82) is 0 Å². The molecule has 193 valence electrons. The molecule has 40 heavy (non-hydrogen) atoms. The van der Waals surface area contributed by atoms with Gasteiger partial charge in [0.2, 0.25) is 0 Å². The van der Waals surface area contributed by atoms with Gasteiger partial charge in [-0.1, -0.05) is 72.2 Å². The fourth-order valence-electron chi connectivity index (χ4n) is 4.84. The quantitative estimate of drug-likeness (QED) is 0.491. The monoisotopic (exact) mass is 581 g/mol. The summed E-state index contributed by atoms with van der Waals surface area (Å²) in [5.74, 6) is -0.534. The molecule has 0 unspecified atom stereocenters. The van der Waals surface area contributed by atoms with Gasteiger partial charge in [0.15, 0.2) is 0 Å². The summed E-state index contributed by atoms with van der Waals surface area (Å²) in [4.78, 5) is 18.7. The van der Waals surface area contributed by atoms with Crippen LogP contribution in [0.2, 0.25) is 0 Å². The third kappa shape index (κ3) is 4.61. The van der Waals surface area contributed by atoms with Gasteiger partial charge >= 0.3 is 17.1 Å². The Morgan fingerprint density at radius 1 is 0.400 bits per heavy atom. The van der Waals surface area contributed by atoms with Crippen LogP contribution in [0.4, 0.5) is 0 Å². The number of benzene rings is 2. The molecular formula is C32H19ClMnN4O2. The van der Waals surface area contributed by atoms with Crippen LogP contribution in [-0.2, 0) is 17.1 Å². The molecule has 2 aromatic rings. The predicted octanol–water partition coefficient (Wildman–Crippen LogP) is 4.43. The van der Waals surface area contributed by atoms with Gasteiger partial charge in [0.1, 0.15) is 0 Å². The van der Waals surface area contributed by atoms with Crippen molar-refractivity contribution in [2.75, 3.05) is 0 Å². The van der Waals surface area contributed by atoms with Crippen LogP contribution in [0.1, 0.15) is 11.1 Å². The maximum Gasteiger partial charge on any atom is 2.00 e. The molecule has 5 aliphatic heterocycles. The van der Waals surface area contributed by atoms with Crippen LogP contribution in [-0.4, -0.2) is 22.8 Å². The first-order valence-electron chi connectivity index (χ1n) is 12.2. The number of hydrogen-bond donors (Lipinski definition) is 0. The summed E-state index contributed by atoms with van der Waals surface area (Å²) in [5.41, 5.74) is 6.81. The SMILES string of the molecule is Cl.[Mn+2].[O-]C1=C2C=CC(=N2)C(c2ccccc2)=C2C=CC(=N2)C([O-])=C2C=CC(=N2)C(c2ccccc2)=C2C=CC1=N2. The fourth-order valence-corrected chi connectivity index (χ4v) is 4.84. The van der Waals surface area contributed by atoms with Crippen LogP contribution in [0.25, 0.3) is 11.1 Å². The second-order valence-electron chi connectivity index (χ2n) is 9.00. The normalized spacial score (nSPS) is 18.6. The van der Waals surface area contributed by atoms with E-state index in [2.05, 4.69) is 20.0 Å². The van der Waals surface area contributed by atoms with Gasteiger partial charge in [-0.3, -0.25) is 0 Å². The zero-order valence-electron chi connectivity index (χ0n) is 20.8. The molecule has 0 fully saturated rings. The van der Waals surface area contributed by atoms with Gasteiger partial charge in [-0.2, -0.15) is 0 Å². The van der Waals surface area contributed by atoms with E-state index in [9.17, 15) is 10.2 Å². The molecule has 7 rings (SSSR count). The van der Waals surface area contributed by atoms with E-state index in [1.54, 1.807) is 48.6 Å². The standard InChI is InChI=1S/C32H20N4O2.ClH.Mn/c37-31-25-15-11-21(33-25)29(19-7-3-1-4-8-19)22-12-16-26(34-22)32(38)28-18-14-24(36-28)30(20-9-5-2-6-10-20)23-13-17-27(31)35-23;;/h1-18,37-38H;1H;/q;;+2/p-2. The molecule has 2 aromatic carbocycles. The zero-order valence-corrected chi connectivity index (χ0v) is 22.8. The smallest absolute Gasteiger partial charge is 0.870 e. The molecule has 0 saturated heterocycles. The van der Waals surface area contributed by atoms with E-state index in [0.29, 0.717) is 45.6 Å². The van der Waals surface area contributed by atoms with Crippen molar-refractivity contribution in [3.63, 3.8) is 0 Å². The van der Waals surface area contributed by atoms with E-state index in [-0.39, 0.29) is 41.0 Å². The minimum Gasteiger partial charge on any atom is -0.870 e. The minimum absolute atomic E-state index is 0. The van der Waals surface area contributed by atoms with E-state index in [4.69, 9.17) is 0 Å². The summed E-state index contributed by atoms with van der Waals surface area (Å²) in [6.07, 6.45) is 14.0. The van der Waals surface area contributed by atoms with Crippen molar-refractivity contribution >= 4 is 46.4 Å². The first-order valence-corrected chi connectivity index (χ1v) is 12.2. The number of hydrogen-bond acceptors (Lipinski definition) is 6. The van der Waals surface area contributed by atoms with E-state index >= 15 is 0 Å². The Bertz CT molecular complexity index is 1670. The number of rotatable bonds is 2. The molecule has 8 heteroatoms. The number of aliphatic imine (C=N–C) groups is 4. The average molecular weight is 582 g/mol. The first kappa shape index (κ1) is 27.0. The summed E-state index contributed by atoms with van der Waals surface area (Å²) in [5, 5.41) is 26.9. The van der Waals surface area contributed by atoms with Crippen molar-refractivity contribution in [3.8, 4) is 0 Å². The number of fused-ring (bicyclic) bond motifs is 4. The second kappa shape index (κ2) is 10.9. The van der Waals surface area contributed by atoms with Gasteiger partial charge in [-0.15, -0.1) is 12.4 Å². The zero-order chi connectivity index (χ0) is 25.6. The van der Waals surface area contributed by atoms with Crippen LogP contribution in [0, 0.1) is 0 Å². The summed E-state index contributed by atoms with van der Waals surface area (Å²) in [7, 11) is 0. The molecule has 5 heterocycles. The molecule has 0 saturated carbocycles. The topological polar surface area (TPSA) is 95.6 Å². The Hall–Kier alpha value is -4.55. The van der Waals surface area contributed by atoms with E-state index < -0.39 is 0 Å². The van der Waals surface area contributed by atoms with E-state index in [1.165, 1.54) is 0 Å². The molecule has 1 radical (unpaired) electrons. The summed E-state index contributed by atoms with van der Waals surface area (Å²) < 4.78 is 0. The minimum atomic E-state index is -0.267. The van der Waals surface area contributed by atoms with Gasteiger partial charge in [0.05, 0.1) is 45.6 Å². The molecular weight excluding hydrogens is 563 g/mol. The van der Waals surface area contributed by atoms with Crippen LogP contribution >= 0.6 is 12.4 Å². The van der Waals surface area contributed by atoms with Crippen LogP contribution in [0.5, 0.6) is 0 Å². The molecule has 0 N–H and O–H groups in total. The molecule has 0 aromatic heterocycles. The number of nitrogens with zero attached hydrogens (tertiary/aromatic N) is 4. The second-order valence-corrected chi connectivity index (χ2v) is 9.00. The average Bonchev–Trinajstić information content (AvgIpc) is 3.77. The van der Waals surface area contributed by atoms with Crippen molar-refractivity contribution in [3.05, 3.63) is 155 Å². The third-order valence-electron chi connectivity index (χ3n) is 6.64. The van der Waals surface area contributed by atoms with Crippen LogP contribution < -0.4 is 10.2 Å². The Balaban J connectivity index is 0.00000161. The molecule has 0 amide bonds. The molecule has 8 bridgehead atoms. The maximum absolute atomic E-state index is 13.5. The fraction of sp³-hybridized carbons (Fsp3) is 0. The Labute approximate surface area is 247 Å². The van der Waals surface area contributed by atoms with Crippen molar-refractivity contribution in [1.82, 2.24) is 0 Å². The third-order valence-corrected chi connectivity index (χ3v) is 6.64. The van der Waals surface area contributed by atoms with Gasteiger partial charge in [-0.05, 0) is 59.7 Å². The maximum atomic E-state index is 13.5. The van der Waals surface area contributed by atoms with Gasteiger partial charge in [0.25, 0.3) is 0 Å². The largest absolute Gasteiger partial charge is 2.00 e. The Kier molecular flexibility index (Phi) is 7.37. The van der Waals surface area contributed by atoms with Crippen LogP contribution in [0.15, 0.2) is 164 Å². The Morgan fingerprint density at radius 3 is 1.12 bits per heavy atom. The van der Waals surface area contributed by atoms with Gasteiger partial charge in [0, 0.05) is 11.1 Å². The number of allylic oxidation sites excluding steroid dienone is 10. The van der Waals surface area contributed by atoms with Crippen LogP contribution in [0.3, 0.4) is 0 Å². The van der Waals surface area contributed by atoms with E-state index in [1.807, 2.05) is 60.7 Å². The summed E-state index contributed by atoms with van der Waals surface area (Å²) in [6.45, 7) is 0. The van der Waals surface area contributed by atoms with Crippen molar-refractivity contribution in [2.24, 2.45) is 20.0 Å². The van der Waals surface area contributed by atoms with E-state index in [0.717, 1.165) is 22.3 Å². The summed E-state index contributed by atoms with van der Waals surface area (Å²) >= 11 is 0. The first-order chi connectivity index (χ1) is 18.7. The van der Waals surface area contributed by atoms with Crippen molar-refractivity contribution < 1.29 is 27.3 Å². The molecule has 0 atom stereocenters. The number of halogens is 1. The van der Waals surface area contributed by atoms with Crippen molar-refractivity contribution in [2.45, 2.75) is 0 Å². The molecule has 6 nitrogen and oxygen atoms in total. The molecule has 5 aliphatic rings.